The normalized spacial score (nSPS) is 22.2. The summed E-state index contributed by atoms with van der Waals surface area (Å²) in [5, 5.41) is 9.52. The third-order valence-corrected chi connectivity index (χ3v) is 5.20. The van der Waals surface area contributed by atoms with E-state index < -0.39 is 10.0 Å². The van der Waals surface area contributed by atoms with Crippen LogP contribution < -0.4 is 5.32 Å². The molecule has 0 saturated carbocycles. The molecular weight excluding hydrogens is 252 g/mol. The number of aromatic nitrogens is 2. The number of likely N-dealkylation sites (N-methyl/N-ethyl adjacent to an activating group) is 1. The van der Waals surface area contributed by atoms with E-state index in [0.29, 0.717) is 13.1 Å². The molecule has 0 aliphatic carbocycles. The second-order valence-electron chi connectivity index (χ2n) is 4.51. The van der Waals surface area contributed by atoms with Gasteiger partial charge in [-0.05, 0) is 19.4 Å². The fourth-order valence-electron chi connectivity index (χ4n) is 2.32. The van der Waals surface area contributed by atoms with Gasteiger partial charge < -0.3 is 5.32 Å². The van der Waals surface area contributed by atoms with Crippen LogP contribution in [0.4, 0.5) is 0 Å². The molecule has 2 rings (SSSR count). The monoisotopic (exact) mass is 272 g/mol. The van der Waals surface area contributed by atoms with E-state index >= 15 is 0 Å². The van der Waals surface area contributed by atoms with E-state index in [0.717, 1.165) is 25.8 Å². The maximum atomic E-state index is 12.5. The zero-order valence-electron chi connectivity index (χ0n) is 10.6. The number of sulfonamides is 1. The predicted octanol–water partition coefficient (Wildman–Crippen LogP) is 0.562. The molecule has 0 aromatic carbocycles. The molecule has 2 heterocycles. The van der Waals surface area contributed by atoms with Crippen molar-refractivity contribution in [1.29, 1.82) is 0 Å². The number of aromatic amines is 1. The van der Waals surface area contributed by atoms with Gasteiger partial charge >= 0.3 is 0 Å². The molecule has 1 aliphatic rings. The van der Waals surface area contributed by atoms with Gasteiger partial charge in [0, 0.05) is 25.3 Å². The van der Waals surface area contributed by atoms with Gasteiger partial charge in [0.2, 0.25) is 10.0 Å². The average Bonchev–Trinajstić information content (AvgIpc) is 2.91. The summed E-state index contributed by atoms with van der Waals surface area (Å²) in [7, 11) is -3.40. The van der Waals surface area contributed by atoms with Gasteiger partial charge in [0.25, 0.3) is 0 Å². The van der Waals surface area contributed by atoms with Gasteiger partial charge in [-0.1, -0.05) is 13.3 Å². The number of nitrogens with one attached hydrogen (secondary N) is 2. The Morgan fingerprint density at radius 2 is 2.39 bits per heavy atom. The fraction of sp³-hybridized carbons (Fsp3) is 0.727. The third kappa shape index (κ3) is 2.73. The van der Waals surface area contributed by atoms with Crippen molar-refractivity contribution >= 4 is 10.0 Å². The third-order valence-electron chi connectivity index (χ3n) is 3.28. The summed E-state index contributed by atoms with van der Waals surface area (Å²) in [6.07, 6.45) is 5.75. The zero-order valence-corrected chi connectivity index (χ0v) is 11.4. The van der Waals surface area contributed by atoms with Crippen molar-refractivity contribution in [3.8, 4) is 0 Å². The van der Waals surface area contributed by atoms with Gasteiger partial charge in [0.15, 0.2) is 0 Å². The molecule has 0 bridgehead atoms. The number of hydrogen-bond donors (Lipinski definition) is 2. The quantitative estimate of drug-likeness (QED) is 0.821. The lowest BCUT2D eigenvalue weighted by Crippen LogP contribution is -2.48. The van der Waals surface area contributed by atoms with Crippen LogP contribution in [0.25, 0.3) is 0 Å². The summed E-state index contributed by atoms with van der Waals surface area (Å²) in [4.78, 5) is 0.255. The van der Waals surface area contributed by atoms with E-state index in [-0.39, 0.29) is 10.9 Å². The Labute approximate surface area is 108 Å². The molecule has 1 fully saturated rings. The molecule has 1 saturated heterocycles. The molecule has 6 nitrogen and oxygen atoms in total. The highest BCUT2D eigenvalue weighted by molar-refractivity contribution is 7.89. The van der Waals surface area contributed by atoms with Gasteiger partial charge in [0.05, 0.1) is 6.20 Å². The summed E-state index contributed by atoms with van der Waals surface area (Å²) >= 11 is 0. The Kier molecular flexibility index (Phi) is 4.36. The molecule has 0 radical (unpaired) electrons. The molecule has 18 heavy (non-hydrogen) atoms. The SMILES string of the molecule is CCNCC1CCCCN1S(=O)(=O)c1cn[nH]c1. The Bertz CT molecular complexity index is 457. The zero-order chi connectivity index (χ0) is 13.0. The van der Waals surface area contributed by atoms with Crippen LogP contribution in [0.5, 0.6) is 0 Å². The molecule has 1 aromatic heterocycles. The molecule has 1 aromatic rings. The minimum atomic E-state index is -3.40. The standard InChI is InChI=1S/C11H20N4O2S/c1-2-12-7-10-5-3-4-6-15(10)18(16,17)11-8-13-14-9-11/h8-10,12H,2-7H2,1H3,(H,13,14). The van der Waals surface area contributed by atoms with Crippen LogP contribution in [-0.2, 0) is 10.0 Å². The van der Waals surface area contributed by atoms with Gasteiger partial charge in [-0.15, -0.1) is 0 Å². The van der Waals surface area contributed by atoms with Gasteiger partial charge in [0.1, 0.15) is 4.90 Å². The van der Waals surface area contributed by atoms with Crippen LogP contribution in [0.2, 0.25) is 0 Å². The van der Waals surface area contributed by atoms with E-state index in [4.69, 9.17) is 0 Å². The Morgan fingerprint density at radius 1 is 1.56 bits per heavy atom. The first kappa shape index (κ1) is 13.5. The molecule has 102 valence electrons. The van der Waals surface area contributed by atoms with Gasteiger partial charge in [-0.2, -0.15) is 9.40 Å². The summed E-state index contributed by atoms with van der Waals surface area (Å²) < 4.78 is 26.5. The van der Waals surface area contributed by atoms with Crippen LogP contribution in [0, 0.1) is 0 Å². The lowest BCUT2D eigenvalue weighted by Gasteiger charge is -2.34. The average molecular weight is 272 g/mol. The first-order valence-corrected chi connectivity index (χ1v) is 7.81. The van der Waals surface area contributed by atoms with E-state index in [1.807, 2.05) is 6.92 Å². The summed E-state index contributed by atoms with van der Waals surface area (Å²) in [6, 6.07) is 0.0543. The lowest BCUT2D eigenvalue weighted by atomic mass is 10.1. The second kappa shape index (κ2) is 5.81. The number of nitrogens with zero attached hydrogens (tertiary/aromatic N) is 2. The van der Waals surface area contributed by atoms with Crippen LogP contribution >= 0.6 is 0 Å². The van der Waals surface area contributed by atoms with E-state index in [1.165, 1.54) is 12.4 Å². The highest BCUT2D eigenvalue weighted by atomic mass is 32.2. The smallest absolute Gasteiger partial charge is 0.246 e. The summed E-state index contributed by atoms with van der Waals surface area (Å²) in [5.74, 6) is 0. The molecule has 0 amide bonds. The minimum Gasteiger partial charge on any atom is -0.315 e. The van der Waals surface area contributed by atoms with E-state index in [2.05, 4.69) is 15.5 Å². The van der Waals surface area contributed by atoms with Crippen molar-refractivity contribution in [3.05, 3.63) is 12.4 Å². The molecule has 1 atom stereocenters. The highest BCUT2D eigenvalue weighted by Crippen LogP contribution is 2.24. The summed E-state index contributed by atoms with van der Waals surface area (Å²) in [5.41, 5.74) is 0. The van der Waals surface area contributed by atoms with Crippen molar-refractivity contribution in [2.24, 2.45) is 0 Å². The predicted molar refractivity (Wildman–Crippen MR) is 68.7 cm³/mol. The molecule has 0 spiro atoms. The molecule has 2 N–H and O–H groups in total. The maximum Gasteiger partial charge on any atom is 0.246 e. The molecule has 7 heteroatoms. The summed E-state index contributed by atoms with van der Waals surface area (Å²) in [6.45, 7) is 4.20. The largest absolute Gasteiger partial charge is 0.315 e. The number of rotatable bonds is 5. The molecule has 1 unspecified atom stereocenters. The minimum absolute atomic E-state index is 0.0543. The first-order valence-electron chi connectivity index (χ1n) is 6.37. The van der Waals surface area contributed by atoms with Crippen molar-refractivity contribution in [2.75, 3.05) is 19.6 Å². The first-order chi connectivity index (χ1) is 8.66. The Hall–Kier alpha value is -0.920. The Balaban J connectivity index is 2.18. The number of hydrogen-bond acceptors (Lipinski definition) is 4. The van der Waals surface area contributed by atoms with Gasteiger partial charge in [-0.25, -0.2) is 8.42 Å². The maximum absolute atomic E-state index is 12.5. The van der Waals surface area contributed by atoms with Crippen molar-refractivity contribution in [1.82, 2.24) is 19.8 Å². The second-order valence-corrected chi connectivity index (χ2v) is 6.40. The van der Waals surface area contributed by atoms with E-state index in [9.17, 15) is 8.42 Å². The van der Waals surface area contributed by atoms with E-state index in [1.54, 1.807) is 4.31 Å². The van der Waals surface area contributed by atoms with Crippen LogP contribution in [0.3, 0.4) is 0 Å². The fourth-order valence-corrected chi connectivity index (χ4v) is 3.92. The number of H-pyrrole nitrogens is 1. The van der Waals surface area contributed by atoms with Crippen LogP contribution in [-0.4, -0.2) is 48.6 Å². The van der Waals surface area contributed by atoms with Crippen LogP contribution in [0.15, 0.2) is 17.3 Å². The van der Waals surface area contributed by atoms with Crippen LogP contribution in [0.1, 0.15) is 26.2 Å². The lowest BCUT2D eigenvalue weighted by molar-refractivity contribution is 0.246. The Morgan fingerprint density at radius 3 is 3.06 bits per heavy atom. The molecular formula is C11H20N4O2S. The van der Waals surface area contributed by atoms with Gasteiger partial charge in [-0.3, -0.25) is 5.10 Å². The van der Waals surface area contributed by atoms with Crippen molar-refractivity contribution < 1.29 is 8.42 Å². The topological polar surface area (TPSA) is 78.1 Å². The molecule has 1 aliphatic heterocycles. The van der Waals surface area contributed by atoms with Crippen molar-refractivity contribution in [2.45, 2.75) is 37.1 Å². The van der Waals surface area contributed by atoms with Crippen molar-refractivity contribution in [3.63, 3.8) is 0 Å². The highest BCUT2D eigenvalue weighted by Gasteiger charge is 2.33. The number of piperidine rings is 1.